The SMILES string of the molecule is Cc1ccc(-c2c([C@H](OC(C)(C)C)C(=O)O)c(C)c3c4c2cc(-c2ccnc(-c5ccc6c(cnn6C)c5)c2)n4CCN3CCN(C)C)cc1. The molecule has 0 saturated heterocycles. The first-order valence-corrected chi connectivity index (χ1v) is 17.3. The van der Waals surface area contributed by atoms with E-state index in [9.17, 15) is 9.90 Å². The van der Waals surface area contributed by atoms with Gasteiger partial charge in [0.25, 0.3) is 0 Å². The Bertz CT molecular complexity index is 2240. The Labute approximate surface area is 293 Å². The van der Waals surface area contributed by atoms with Crippen molar-refractivity contribution < 1.29 is 14.6 Å². The number of likely N-dealkylation sites (N-methyl/N-ethyl adjacent to an activating group) is 1. The van der Waals surface area contributed by atoms with Gasteiger partial charge in [0.1, 0.15) is 0 Å². The van der Waals surface area contributed by atoms with Gasteiger partial charge in [0.05, 0.1) is 34.2 Å². The largest absolute Gasteiger partial charge is 0.479 e. The summed E-state index contributed by atoms with van der Waals surface area (Å²) in [5.74, 6) is -0.998. The molecule has 0 aliphatic carbocycles. The van der Waals surface area contributed by atoms with Crippen molar-refractivity contribution >= 4 is 33.5 Å². The summed E-state index contributed by atoms with van der Waals surface area (Å²) in [6.45, 7) is 13.2. The molecule has 1 N–H and O–H groups in total. The van der Waals surface area contributed by atoms with Gasteiger partial charge in [0, 0.05) is 72.6 Å². The number of nitrogens with zero attached hydrogens (tertiary/aromatic N) is 6. The highest BCUT2D eigenvalue weighted by atomic mass is 16.5. The number of carboxylic acid groups (broad SMARTS) is 1. The van der Waals surface area contributed by atoms with Gasteiger partial charge in [0.15, 0.2) is 6.10 Å². The number of carboxylic acids is 1. The van der Waals surface area contributed by atoms with Crippen LogP contribution in [0.5, 0.6) is 0 Å². The van der Waals surface area contributed by atoms with Gasteiger partial charge in [-0.3, -0.25) is 9.67 Å². The van der Waals surface area contributed by atoms with Crippen molar-refractivity contribution in [2.45, 2.75) is 52.9 Å². The van der Waals surface area contributed by atoms with E-state index in [1.807, 2.05) is 44.9 Å². The fraction of sp³-hybridized carbons (Fsp3) is 0.341. The van der Waals surface area contributed by atoms with Crippen LogP contribution in [-0.4, -0.2) is 74.6 Å². The molecule has 9 heteroatoms. The number of aryl methyl sites for hydroxylation is 2. The van der Waals surface area contributed by atoms with Crippen LogP contribution in [0.4, 0.5) is 5.69 Å². The molecule has 0 saturated carbocycles. The summed E-state index contributed by atoms with van der Waals surface area (Å²) in [5, 5.41) is 17.3. The van der Waals surface area contributed by atoms with Crippen LogP contribution in [0.1, 0.15) is 43.6 Å². The molecule has 6 aromatic rings. The summed E-state index contributed by atoms with van der Waals surface area (Å²) < 4.78 is 10.7. The number of hydrogen-bond donors (Lipinski definition) is 1. The summed E-state index contributed by atoms with van der Waals surface area (Å²) in [6.07, 6.45) is 2.60. The molecule has 0 radical (unpaired) electrons. The average Bonchev–Trinajstić information content (AvgIpc) is 3.65. The van der Waals surface area contributed by atoms with E-state index in [-0.39, 0.29) is 0 Å². The Morgan fingerprint density at radius 3 is 2.42 bits per heavy atom. The summed E-state index contributed by atoms with van der Waals surface area (Å²) in [5.41, 5.74) is 11.3. The molecular formula is C41H46N6O3. The highest BCUT2D eigenvalue weighted by Crippen LogP contribution is 2.49. The van der Waals surface area contributed by atoms with Crippen molar-refractivity contribution in [1.29, 1.82) is 0 Å². The van der Waals surface area contributed by atoms with Crippen molar-refractivity contribution in [1.82, 2.24) is 24.2 Å². The Morgan fingerprint density at radius 1 is 0.980 bits per heavy atom. The molecule has 1 atom stereocenters. The molecule has 1 aliphatic rings. The molecule has 3 aromatic heterocycles. The third-order valence-corrected chi connectivity index (χ3v) is 9.74. The molecule has 1 aliphatic heterocycles. The van der Waals surface area contributed by atoms with Gasteiger partial charge in [-0.15, -0.1) is 0 Å². The van der Waals surface area contributed by atoms with E-state index >= 15 is 0 Å². The number of rotatable bonds is 9. The minimum Gasteiger partial charge on any atom is -0.479 e. The fourth-order valence-electron chi connectivity index (χ4n) is 7.38. The number of carbonyl (C=O) groups is 1. The van der Waals surface area contributed by atoms with E-state index in [1.54, 1.807) is 0 Å². The number of aromatic nitrogens is 4. The van der Waals surface area contributed by atoms with Crippen LogP contribution in [0.25, 0.3) is 55.4 Å². The van der Waals surface area contributed by atoms with Crippen LogP contribution < -0.4 is 4.90 Å². The van der Waals surface area contributed by atoms with Crippen LogP contribution >= 0.6 is 0 Å². The van der Waals surface area contributed by atoms with Crippen molar-refractivity contribution in [3.63, 3.8) is 0 Å². The summed E-state index contributed by atoms with van der Waals surface area (Å²) >= 11 is 0. The topological polar surface area (TPSA) is 88.7 Å². The Kier molecular flexibility index (Phi) is 8.52. The summed E-state index contributed by atoms with van der Waals surface area (Å²) in [6, 6.07) is 21.2. The second-order valence-electron chi connectivity index (χ2n) is 14.8. The van der Waals surface area contributed by atoms with Gasteiger partial charge in [-0.25, -0.2) is 4.79 Å². The molecule has 0 fully saturated rings. The number of fused-ring (bicyclic) bond motifs is 1. The van der Waals surface area contributed by atoms with Gasteiger partial charge in [0.2, 0.25) is 0 Å². The lowest BCUT2D eigenvalue weighted by Gasteiger charge is -2.36. The van der Waals surface area contributed by atoms with Crippen molar-refractivity contribution in [2.24, 2.45) is 7.05 Å². The normalized spacial score (nSPS) is 13.9. The fourth-order valence-corrected chi connectivity index (χ4v) is 7.38. The molecule has 50 heavy (non-hydrogen) atoms. The lowest BCUT2D eigenvalue weighted by molar-refractivity contribution is -0.160. The number of anilines is 1. The van der Waals surface area contributed by atoms with Crippen LogP contribution in [-0.2, 0) is 23.1 Å². The zero-order valence-electron chi connectivity index (χ0n) is 30.3. The zero-order chi connectivity index (χ0) is 35.5. The molecule has 0 amide bonds. The molecule has 7 rings (SSSR count). The molecule has 9 nitrogen and oxygen atoms in total. The molecule has 258 valence electrons. The van der Waals surface area contributed by atoms with E-state index in [1.165, 1.54) is 0 Å². The second-order valence-corrected chi connectivity index (χ2v) is 14.8. The van der Waals surface area contributed by atoms with Gasteiger partial charge in [-0.2, -0.15) is 5.10 Å². The number of hydrogen-bond acceptors (Lipinski definition) is 6. The van der Waals surface area contributed by atoms with Crippen molar-refractivity contribution in [2.75, 3.05) is 38.6 Å². The van der Waals surface area contributed by atoms with E-state index in [0.717, 1.165) is 98.4 Å². The maximum absolute atomic E-state index is 13.2. The second kappa shape index (κ2) is 12.7. The Hall–Kier alpha value is -4.99. The van der Waals surface area contributed by atoms with Crippen LogP contribution in [0.15, 0.2) is 73.1 Å². The zero-order valence-corrected chi connectivity index (χ0v) is 30.3. The first kappa shape index (κ1) is 33.5. The first-order chi connectivity index (χ1) is 23.8. The maximum Gasteiger partial charge on any atom is 0.337 e. The first-order valence-electron chi connectivity index (χ1n) is 17.3. The van der Waals surface area contributed by atoms with Gasteiger partial charge < -0.3 is 24.2 Å². The van der Waals surface area contributed by atoms with Gasteiger partial charge >= 0.3 is 5.97 Å². The van der Waals surface area contributed by atoms with Crippen LogP contribution in [0, 0.1) is 13.8 Å². The molecule has 0 bridgehead atoms. The standard InChI is InChI=1S/C41H46N6O3/c1-25-9-11-27(12-10-25)36-31-23-34(29-15-16-42-32(22-29)28-13-14-33-30(21-28)24-43-45(33)8)47-20-19-46(18-17-44(6)7)37(38(31)47)26(2)35(36)39(40(48)49)50-41(3,4)5/h9-16,21-24,39H,17-20H2,1-8H3,(H,48,49)/t39-/m0/s1. The smallest absolute Gasteiger partial charge is 0.337 e. The quantitative estimate of drug-likeness (QED) is 0.168. The van der Waals surface area contributed by atoms with E-state index in [4.69, 9.17) is 9.72 Å². The number of pyridine rings is 1. The Morgan fingerprint density at radius 2 is 1.72 bits per heavy atom. The summed E-state index contributed by atoms with van der Waals surface area (Å²) in [7, 11) is 6.12. The lowest BCUT2D eigenvalue weighted by Crippen LogP contribution is -2.38. The molecule has 0 spiro atoms. The third-order valence-electron chi connectivity index (χ3n) is 9.74. The predicted molar refractivity (Wildman–Crippen MR) is 202 cm³/mol. The average molecular weight is 671 g/mol. The van der Waals surface area contributed by atoms with Gasteiger partial charge in [-0.05, 0) is 95.7 Å². The monoisotopic (exact) mass is 670 g/mol. The highest BCUT2D eigenvalue weighted by molar-refractivity contribution is 6.09. The molecule has 4 heterocycles. The molecular weight excluding hydrogens is 624 g/mol. The number of aliphatic carboxylic acids is 1. The summed E-state index contributed by atoms with van der Waals surface area (Å²) in [4.78, 5) is 22.6. The molecule has 3 aromatic carbocycles. The van der Waals surface area contributed by atoms with Gasteiger partial charge in [-0.1, -0.05) is 35.9 Å². The van der Waals surface area contributed by atoms with E-state index in [0.29, 0.717) is 5.56 Å². The third kappa shape index (κ3) is 6.05. The van der Waals surface area contributed by atoms with Crippen molar-refractivity contribution in [3.05, 3.63) is 89.7 Å². The van der Waals surface area contributed by atoms with Crippen molar-refractivity contribution in [3.8, 4) is 33.6 Å². The lowest BCUT2D eigenvalue weighted by atomic mass is 9.86. The minimum absolute atomic E-state index is 0.680. The highest BCUT2D eigenvalue weighted by Gasteiger charge is 2.36. The predicted octanol–water partition coefficient (Wildman–Crippen LogP) is 7.86. The Balaban J connectivity index is 1.51. The van der Waals surface area contributed by atoms with E-state index < -0.39 is 17.7 Å². The number of ether oxygens (including phenoxy) is 1. The van der Waals surface area contributed by atoms with Crippen LogP contribution in [0.2, 0.25) is 0 Å². The molecule has 0 unspecified atom stereocenters. The minimum atomic E-state index is -1.16. The number of benzene rings is 3. The maximum atomic E-state index is 13.2. The van der Waals surface area contributed by atoms with Crippen LogP contribution in [0.3, 0.4) is 0 Å². The van der Waals surface area contributed by atoms with E-state index in [2.05, 4.69) is 108 Å².